The van der Waals surface area contributed by atoms with Crippen molar-refractivity contribution in [3.63, 3.8) is 0 Å². The Hall–Kier alpha value is -8.47. The minimum absolute atomic E-state index is 0.00697. The summed E-state index contributed by atoms with van der Waals surface area (Å²) in [5.41, 5.74) is 16.0. The Morgan fingerprint density at radius 1 is 0.857 bits per heavy atom. The fourth-order valence-electron chi connectivity index (χ4n) is 9.20. The Bertz CT molecular complexity index is 2770. The van der Waals surface area contributed by atoms with Gasteiger partial charge in [0, 0.05) is 93.3 Å². The first-order valence-corrected chi connectivity index (χ1v) is 25.9. The van der Waals surface area contributed by atoms with E-state index in [1.807, 2.05) is 30.3 Å². The van der Waals surface area contributed by atoms with Crippen LogP contribution in [0.3, 0.4) is 0 Å². The van der Waals surface area contributed by atoms with Gasteiger partial charge in [-0.05, 0) is 73.9 Å². The summed E-state index contributed by atoms with van der Waals surface area (Å²) in [6.45, 7) is 7.81. The first-order valence-electron chi connectivity index (χ1n) is 25.9. The molecule has 0 unspecified atom stereocenters. The smallest absolute Gasteiger partial charge is 0.407 e. The molecule has 8 amide bonds. The standard InChI is InChI=1S/C54H67N13O10/c1-34(2)48(64-45(69)8-4-3-5-23-67-46(70)17-18-47(67)71)44(68)29-37(7-6-21-58-53(56)74)51(72)60-38-13-9-35(10-14-38)33-77-54(75)61-39-20-24-66(32-39)40-15-11-36(12-16-40)41-31-59-50(55)49(62-41)52(73)63-42-30-57-22-19-43(42)65-25-27-76-28-26-65/h9-19,22,30-31,34,37,39,48H,3-8,20-21,23-29,32-33H2,1-2H3,(H2,55,59)(H,60,72)(H,61,75)(H,63,73)(H,64,69)(H3,56,58,74)/t37-,39-,48+/m1/s1. The molecular formula is C54H67N13O10. The third-order valence-corrected chi connectivity index (χ3v) is 13.4. The number of nitrogens with zero attached hydrogens (tertiary/aromatic N) is 6. The first-order chi connectivity index (χ1) is 37.1. The van der Waals surface area contributed by atoms with Crippen LogP contribution in [0.5, 0.6) is 0 Å². The number of benzene rings is 2. The number of pyridine rings is 1. The zero-order valence-corrected chi connectivity index (χ0v) is 43.3. The van der Waals surface area contributed by atoms with Crippen molar-refractivity contribution in [2.24, 2.45) is 17.6 Å². The minimum Gasteiger partial charge on any atom is -0.445 e. The van der Waals surface area contributed by atoms with Crippen LogP contribution in [0.4, 0.5) is 38.2 Å². The number of aromatic nitrogens is 3. The molecule has 2 aromatic heterocycles. The molecule has 3 aliphatic heterocycles. The number of ketones is 1. The van der Waals surface area contributed by atoms with Crippen LogP contribution < -0.4 is 47.9 Å². The van der Waals surface area contributed by atoms with Crippen molar-refractivity contribution in [1.29, 1.82) is 0 Å². The Labute approximate surface area is 446 Å². The van der Waals surface area contributed by atoms with E-state index in [0.717, 1.165) is 21.8 Å². The fourth-order valence-corrected chi connectivity index (χ4v) is 9.20. The van der Waals surface area contributed by atoms with Gasteiger partial charge in [-0.2, -0.15) is 0 Å². The van der Waals surface area contributed by atoms with Crippen LogP contribution in [0.1, 0.15) is 81.3 Å². The number of nitrogens with one attached hydrogen (secondary N) is 5. The number of primary amides is 1. The molecule has 2 saturated heterocycles. The highest BCUT2D eigenvalue weighted by molar-refractivity contribution is 6.13. The molecule has 7 rings (SSSR count). The lowest BCUT2D eigenvalue weighted by molar-refractivity contribution is -0.137. The largest absolute Gasteiger partial charge is 0.445 e. The number of alkyl carbamates (subject to hydrolysis) is 1. The van der Waals surface area contributed by atoms with Gasteiger partial charge in [0.1, 0.15) is 6.61 Å². The monoisotopic (exact) mass is 1060 g/mol. The van der Waals surface area contributed by atoms with Gasteiger partial charge < -0.3 is 57.3 Å². The van der Waals surface area contributed by atoms with Crippen LogP contribution in [0.25, 0.3) is 11.3 Å². The number of carbonyl (C=O) groups excluding carboxylic acids is 8. The molecule has 23 nitrogen and oxygen atoms in total. The summed E-state index contributed by atoms with van der Waals surface area (Å²) in [7, 11) is 0. The molecule has 2 aromatic carbocycles. The Morgan fingerprint density at radius 2 is 1.60 bits per heavy atom. The topological polar surface area (TPSA) is 316 Å². The summed E-state index contributed by atoms with van der Waals surface area (Å²) < 4.78 is 11.0. The van der Waals surface area contributed by atoms with Gasteiger partial charge in [0.15, 0.2) is 17.3 Å². The van der Waals surface area contributed by atoms with Crippen molar-refractivity contribution in [1.82, 2.24) is 35.8 Å². The van der Waals surface area contributed by atoms with Crippen molar-refractivity contribution in [3.05, 3.63) is 96.6 Å². The number of unbranched alkanes of at least 4 members (excludes halogenated alkanes) is 2. The van der Waals surface area contributed by atoms with Gasteiger partial charge >= 0.3 is 12.1 Å². The second-order valence-electron chi connectivity index (χ2n) is 19.4. The zero-order valence-electron chi connectivity index (χ0n) is 43.3. The molecule has 0 saturated carbocycles. The summed E-state index contributed by atoms with van der Waals surface area (Å²) in [5.74, 6) is -3.35. The van der Waals surface area contributed by atoms with E-state index >= 15 is 0 Å². The summed E-state index contributed by atoms with van der Waals surface area (Å²) in [6.07, 6.45) is 9.56. The molecule has 0 radical (unpaired) electrons. The van der Waals surface area contributed by atoms with Crippen LogP contribution in [0.2, 0.25) is 0 Å². The Balaban J connectivity index is 0.849. The summed E-state index contributed by atoms with van der Waals surface area (Å²) in [6, 6.07) is 14.5. The number of ether oxygens (including phenoxy) is 2. The average molecular weight is 1060 g/mol. The number of rotatable bonds is 25. The summed E-state index contributed by atoms with van der Waals surface area (Å²) >= 11 is 0. The highest BCUT2D eigenvalue weighted by Crippen LogP contribution is 2.29. The molecule has 2 fully saturated rings. The van der Waals surface area contributed by atoms with Crippen LogP contribution in [0, 0.1) is 11.8 Å². The molecule has 0 spiro atoms. The molecule has 3 aliphatic rings. The molecule has 0 bridgehead atoms. The highest BCUT2D eigenvalue weighted by atomic mass is 16.5. The molecular weight excluding hydrogens is 991 g/mol. The van der Waals surface area contributed by atoms with E-state index in [2.05, 4.69) is 51.3 Å². The number of urea groups is 1. The quantitative estimate of drug-likeness (QED) is 0.0359. The molecule has 23 heteroatoms. The van der Waals surface area contributed by atoms with E-state index in [9.17, 15) is 38.4 Å². The van der Waals surface area contributed by atoms with Crippen molar-refractivity contribution in [3.8, 4) is 11.3 Å². The van der Waals surface area contributed by atoms with Crippen molar-refractivity contribution < 1.29 is 47.8 Å². The van der Waals surface area contributed by atoms with Gasteiger partial charge in [0.25, 0.3) is 17.7 Å². The SMILES string of the molecule is CC(C)[C@H](NC(=O)CCCCCN1C(=O)C=CC1=O)C(=O)C[C@@H](CCCNC(N)=O)C(=O)Nc1ccc(COC(=O)N[C@@H]2CCN(c3ccc(-c4cnc(N)c(C(=O)Nc5cnccc5N5CCOCC5)n4)cc3)C2)cc1. The van der Waals surface area contributed by atoms with Crippen LogP contribution in [-0.4, -0.2) is 132 Å². The van der Waals surface area contributed by atoms with Crippen molar-refractivity contribution >= 4 is 76.0 Å². The second kappa shape index (κ2) is 27.4. The number of imide groups is 1. The number of carbonyl (C=O) groups is 8. The lowest BCUT2D eigenvalue weighted by Gasteiger charge is -2.30. The predicted molar refractivity (Wildman–Crippen MR) is 287 cm³/mol. The lowest BCUT2D eigenvalue weighted by Crippen LogP contribution is -2.45. The predicted octanol–water partition coefficient (Wildman–Crippen LogP) is 4.30. The molecule has 408 valence electrons. The number of morpholine rings is 1. The first kappa shape index (κ1) is 56.3. The van der Waals surface area contributed by atoms with Crippen LogP contribution >= 0.6 is 0 Å². The number of nitrogens with two attached hydrogens (primary N) is 2. The third kappa shape index (κ3) is 16.3. The number of hydrogen-bond donors (Lipinski definition) is 7. The van der Waals surface area contributed by atoms with Crippen LogP contribution in [0.15, 0.2) is 85.3 Å². The third-order valence-electron chi connectivity index (χ3n) is 13.4. The van der Waals surface area contributed by atoms with E-state index in [4.69, 9.17) is 20.9 Å². The van der Waals surface area contributed by atoms with Gasteiger partial charge in [-0.3, -0.25) is 38.7 Å². The van der Waals surface area contributed by atoms with Crippen molar-refractivity contribution in [2.45, 2.75) is 83.9 Å². The minimum atomic E-state index is -0.846. The van der Waals surface area contributed by atoms with E-state index < -0.39 is 35.9 Å². The Kier molecular flexibility index (Phi) is 20.0. The maximum absolute atomic E-state index is 13.7. The maximum atomic E-state index is 13.7. The number of hydrogen-bond acceptors (Lipinski definition) is 16. The number of amides is 8. The van der Waals surface area contributed by atoms with E-state index in [-0.39, 0.29) is 85.9 Å². The average Bonchev–Trinajstić information content (AvgIpc) is 4.03. The Morgan fingerprint density at radius 3 is 2.31 bits per heavy atom. The lowest BCUT2D eigenvalue weighted by atomic mass is 9.89. The normalized spacial score (nSPS) is 16.0. The van der Waals surface area contributed by atoms with Crippen LogP contribution in [-0.2, 0) is 40.1 Å². The summed E-state index contributed by atoms with van der Waals surface area (Å²) in [4.78, 5) is 120. The van der Waals surface area contributed by atoms with Gasteiger partial charge in [0.2, 0.25) is 11.8 Å². The number of Topliss-reactive ketones (excluding diaryl/α,β-unsaturated/α-hetero) is 1. The van der Waals surface area contributed by atoms with E-state index in [1.54, 1.807) is 50.5 Å². The van der Waals surface area contributed by atoms with Gasteiger partial charge in [0.05, 0.1) is 54.8 Å². The van der Waals surface area contributed by atoms with Gasteiger partial charge in [-0.15, -0.1) is 0 Å². The molecule has 0 aliphatic carbocycles. The van der Waals surface area contributed by atoms with Crippen molar-refractivity contribution in [2.75, 3.05) is 78.6 Å². The maximum Gasteiger partial charge on any atom is 0.407 e. The fraction of sp³-hybridized carbons (Fsp3) is 0.426. The summed E-state index contributed by atoms with van der Waals surface area (Å²) in [5, 5.41) is 14.1. The molecule has 5 heterocycles. The molecule has 4 aromatic rings. The van der Waals surface area contributed by atoms with Gasteiger partial charge in [-0.25, -0.2) is 19.6 Å². The van der Waals surface area contributed by atoms with E-state index in [1.165, 1.54) is 18.3 Å². The molecule has 3 atom stereocenters. The molecule has 77 heavy (non-hydrogen) atoms. The van der Waals surface area contributed by atoms with Gasteiger partial charge in [-0.1, -0.05) is 44.5 Å². The molecule has 9 N–H and O–H groups in total. The zero-order chi connectivity index (χ0) is 54.8. The number of nitrogen functional groups attached to an aromatic ring is 1. The van der Waals surface area contributed by atoms with E-state index in [0.29, 0.717) is 94.1 Å². The highest BCUT2D eigenvalue weighted by Gasteiger charge is 2.31. The second-order valence-corrected chi connectivity index (χ2v) is 19.4. The number of anilines is 5.